The van der Waals surface area contributed by atoms with Crippen molar-refractivity contribution in [1.82, 2.24) is 10.2 Å². The molecule has 1 saturated carbocycles. The van der Waals surface area contributed by atoms with Gasteiger partial charge in [-0.2, -0.15) is 0 Å². The van der Waals surface area contributed by atoms with Gasteiger partial charge in [0.15, 0.2) is 0 Å². The van der Waals surface area contributed by atoms with E-state index in [-0.39, 0.29) is 0 Å². The number of rotatable bonds is 4. The molecule has 1 heterocycles. The van der Waals surface area contributed by atoms with Crippen LogP contribution in [-0.2, 0) is 0 Å². The monoisotopic (exact) mass is 238 g/mol. The maximum Gasteiger partial charge on any atom is 0.0244 e. The van der Waals surface area contributed by atoms with Crippen molar-refractivity contribution in [1.29, 1.82) is 0 Å². The standard InChI is InChI=1S/C15H30N2/c1-5-13-10-16-14(15(2,3)4)11-17(13)9-8-12-6-7-12/h12-14,16H,5-11H2,1-4H3. The second-order valence-electron chi connectivity index (χ2n) is 7.12. The summed E-state index contributed by atoms with van der Waals surface area (Å²) in [6.45, 7) is 13.2. The fraction of sp³-hybridized carbons (Fsp3) is 1.00. The van der Waals surface area contributed by atoms with Gasteiger partial charge in [0.05, 0.1) is 0 Å². The predicted octanol–water partition coefficient (Wildman–Crippen LogP) is 2.89. The fourth-order valence-corrected chi connectivity index (χ4v) is 2.87. The van der Waals surface area contributed by atoms with E-state index in [0.717, 1.165) is 12.0 Å². The molecule has 0 bridgehead atoms. The van der Waals surface area contributed by atoms with Crippen molar-refractivity contribution in [2.75, 3.05) is 19.6 Å². The molecule has 0 amide bonds. The minimum absolute atomic E-state index is 0.385. The molecule has 1 saturated heterocycles. The number of hydrogen-bond acceptors (Lipinski definition) is 2. The number of nitrogens with zero attached hydrogens (tertiary/aromatic N) is 1. The van der Waals surface area contributed by atoms with Gasteiger partial charge in [-0.15, -0.1) is 0 Å². The van der Waals surface area contributed by atoms with Crippen molar-refractivity contribution >= 4 is 0 Å². The SMILES string of the molecule is CCC1CNC(C(C)(C)C)CN1CCC1CC1. The third-order valence-electron chi connectivity index (χ3n) is 4.57. The van der Waals surface area contributed by atoms with E-state index in [0.29, 0.717) is 11.5 Å². The van der Waals surface area contributed by atoms with E-state index >= 15 is 0 Å². The van der Waals surface area contributed by atoms with Crippen LogP contribution in [0.25, 0.3) is 0 Å². The quantitative estimate of drug-likeness (QED) is 0.810. The molecule has 1 aliphatic heterocycles. The second-order valence-corrected chi connectivity index (χ2v) is 7.12. The van der Waals surface area contributed by atoms with Crippen molar-refractivity contribution in [3.8, 4) is 0 Å². The molecule has 0 radical (unpaired) electrons. The predicted molar refractivity (Wildman–Crippen MR) is 74.2 cm³/mol. The summed E-state index contributed by atoms with van der Waals surface area (Å²) in [6.07, 6.45) is 5.71. The Balaban J connectivity index is 1.87. The summed E-state index contributed by atoms with van der Waals surface area (Å²) in [5.41, 5.74) is 0.385. The van der Waals surface area contributed by atoms with E-state index in [1.807, 2.05) is 0 Å². The minimum Gasteiger partial charge on any atom is -0.311 e. The van der Waals surface area contributed by atoms with Crippen LogP contribution in [0.2, 0.25) is 0 Å². The first-order valence-electron chi connectivity index (χ1n) is 7.48. The van der Waals surface area contributed by atoms with Gasteiger partial charge >= 0.3 is 0 Å². The normalized spacial score (nSPS) is 31.8. The van der Waals surface area contributed by atoms with E-state index < -0.39 is 0 Å². The Bertz CT molecular complexity index is 240. The lowest BCUT2D eigenvalue weighted by atomic mass is 9.84. The lowest BCUT2D eigenvalue weighted by Crippen LogP contribution is -2.60. The molecule has 0 aromatic rings. The molecule has 0 aromatic carbocycles. The van der Waals surface area contributed by atoms with E-state index in [2.05, 4.69) is 37.9 Å². The van der Waals surface area contributed by atoms with Crippen LogP contribution in [0.3, 0.4) is 0 Å². The van der Waals surface area contributed by atoms with E-state index in [4.69, 9.17) is 0 Å². The van der Waals surface area contributed by atoms with Gasteiger partial charge in [-0.3, -0.25) is 4.90 Å². The summed E-state index contributed by atoms with van der Waals surface area (Å²) in [7, 11) is 0. The van der Waals surface area contributed by atoms with Gasteiger partial charge in [0, 0.05) is 25.2 Å². The first kappa shape index (κ1) is 13.4. The summed E-state index contributed by atoms with van der Waals surface area (Å²) in [4.78, 5) is 2.75. The maximum absolute atomic E-state index is 3.75. The first-order valence-corrected chi connectivity index (χ1v) is 7.48. The van der Waals surface area contributed by atoms with Crippen molar-refractivity contribution in [2.45, 2.75) is 65.5 Å². The third-order valence-corrected chi connectivity index (χ3v) is 4.57. The van der Waals surface area contributed by atoms with Crippen molar-refractivity contribution in [3.63, 3.8) is 0 Å². The van der Waals surface area contributed by atoms with Gasteiger partial charge in [0.1, 0.15) is 0 Å². The number of hydrogen-bond donors (Lipinski definition) is 1. The lowest BCUT2D eigenvalue weighted by Gasteiger charge is -2.45. The number of piperazine rings is 1. The molecule has 2 unspecified atom stereocenters. The molecule has 2 aliphatic rings. The Labute approximate surface area is 107 Å². The van der Waals surface area contributed by atoms with Gasteiger partial charge in [-0.25, -0.2) is 0 Å². The molecule has 0 aromatic heterocycles. The van der Waals surface area contributed by atoms with Crippen molar-refractivity contribution < 1.29 is 0 Å². The largest absolute Gasteiger partial charge is 0.311 e. The summed E-state index contributed by atoms with van der Waals surface area (Å²) < 4.78 is 0. The van der Waals surface area contributed by atoms with Crippen LogP contribution in [0.4, 0.5) is 0 Å². The second kappa shape index (κ2) is 5.27. The Kier molecular flexibility index (Phi) is 4.14. The molecule has 2 rings (SSSR count). The number of nitrogens with one attached hydrogen (secondary N) is 1. The molecule has 2 fully saturated rings. The molecular formula is C15H30N2. The molecule has 2 heteroatoms. The highest BCUT2D eigenvalue weighted by molar-refractivity contribution is 4.92. The van der Waals surface area contributed by atoms with Gasteiger partial charge in [-0.1, -0.05) is 40.5 Å². The molecule has 2 nitrogen and oxygen atoms in total. The molecule has 1 aliphatic carbocycles. The molecule has 17 heavy (non-hydrogen) atoms. The summed E-state index contributed by atoms with van der Waals surface area (Å²) in [6, 6.07) is 1.43. The molecule has 2 atom stereocenters. The Morgan fingerprint density at radius 2 is 1.94 bits per heavy atom. The van der Waals surface area contributed by atoms with Crippen molar-refractivity contribution in [2.24, 2.45) is 11.3 Å². The molecular weight excluding hydrogens is 208 g/mol. The van der Waals surface area contributed by atoms with E-state index in [9.17, 15) is 0 Å². The third kappa shape index (κ3) is 3.69. The van der Waals surface area contributed by atoms with Crippen LogP contribution in [-0.4, -0.2) is 36.6 Å². The molecule has 100 valence electrons. The highest BCUT2D eigenvalue weighted by Crippen LogP contribution is 2.33. The van der Waals surface area contributed by atoms with Gasteiger partial charge in [-0.05, 0) is 30.7 Å². The highest BCUT2D eigenvalue weighted by Gasteiger charge is 2.33. The van der Waals surface area contributed by atoms with Gasteiger partial charge in [0.2, 0.25) is 0 Å². The van der Waals surface area contributed by atoms with E-state index in [1.165, 1.54) is 45.3 Å². The van der Waals surface area contributed by atoms with Crippen LogP contribution < -0.4 is 5.32 Å². The zero-order valence-electron chi connectivity index (χ0n) is 12.1. The van der Waals surface area contributed by atoms with Crippen LogP contribution in [0.15, 0.2) is 0 Å². The molecule has 1 N–H and O–H groups in total. The summed E-state index contributed by atoms with van der Waals surface area (Å²) in [5.74, 6) is 1.07. The molecule has 0 spiro atoms. The zero-order chi connectivity index (χ0) is 12.5. The van der Waals surface area contributed by atoms with Crippen LogP contribution in [0.1, 0.15) is 53.4 Å². The smallest absolute Gasteiger partial charge is 0.0244 e. The van der Waals surface area contributed by atoms with Gasteiger partial charge in [0.25, 0.3) is 0 Å². The maximum atomic E-state index is 3.75. The van der Waals surface area contributed by atoms with Crippen LogP contribution in [0, 0.1) is 11.3 Å². The topological polar surface area (TPSA) is 15.3 Å². The van der Waals surface area contributed by atoms with Crippen LogP contribution >= 0.6 is 0 Å². The zero-order valence-corrected chi connectivity index (χ0v) is 12.1. The minimum atomic E-state index is 0.385. The average Bonchev–Trinajstić information content (AvgIpc) is 3.08. The van der Waals surface area contributed by atoms with E-state index in [1.54, 1.807) is 0 Å². The van der Waals surface area contributed by atoms with Crippen LogP contribution in [0.5, 0.6) is 0 Å². The lowest BCUT2D eigenvalue weighted by molar-refractivity contribution is 0.0813. The van der Waals surface area contributed by atoms with Crippen molar-refractivity contribution in [3.05, 3.63) is 0 Å². The summed E-state index contributed by atoms with van der Waals surface area (Å²) >= 11 is 0. The van der Waals surface area contributed by atoms with Gasteiger partial charge < -0.3 is 5.32 Å². The highest BCUT2D eigenvalue weighted by atomic mass is 15.2. The fourth-order valence-electron chi connectivity index (χ4n) is 2.87. The Morgan fingerprint density at radius 3 is 2.47 bits per heavy atom. The summed E-state index contributed by atoms with van der Waals surface area (Å²) in [5, 5.41) is 3.75. The Morgan fingerprint density at radius 1 is 1.24 bits per heavy atom. The average molecular weight is 238 g/mol. The first-order chi connectivity index (χ1) is 8.00. The Hall–Kier alpha value is -0.0800.